The molecular formula is C13H13ClN2O. The van der Waals surface area contributed by atoms with Gasteiger partial charge in [-0.15, -0.1) is 0 Å². The van der Waals surface area contributed by atoms with Gasteiger partial charge in [-0.05, 0) is 23.8 Å². The highest BCUT2D eigenvalue weighted by molar-refractivity contribution is 6.30. The van der Waals surface area contributed by atoms with Gasteiger partial charge in [0.25, 0.3) is 0 Å². The van der Waals surface area contributed by atoms with E-state index in [1.165, 1.54) is 11.0 Å². The Bertz CT molecular complexity index is 445. The Hall–Kier alpha value is -1.79. The first-order valence-electron chi connectivity index (χ1n) is 5.19. The van der Waals surface area contributed by atoms with Crippen molar-refractivity contribution in [3.05, 3.63) is 40.9 Å². The van der Waals surface area contributed by atoms with Gasteiger partial charge in [0.05, 0.1) is 12.5 Å². The van der Waals surface area contributed by atoms with Crippen molar-refractivity contribution in [2.24, 2.45) is 0 Å². The summed E-state index contributed by atoms with van der Waals surface area (Å²) >= 11 is 5.75. The van der Waals surface area contributed by atoms with Crippen molar-refractivity contribution in [3.8, 4) is 6.07 Å². The van der Waals surface area contributed by atoms with Crippen LogP contribution in [0, 0.1) is 11.3 Å². The summed E-state index contributed by atoms with van der Waals surface area (Å²) in [7, 11) is 1.67. The summed E-state index contributed by atoms with van der Waals surface area (Å²) in [6.07, 6.45) is 3.55. The van der Waals surface area contributed by atoms with Crippen LogP contribution in [-0.4, -0.2) is 24.4 Å². The quantitative estimate of drug-likeness (QED) is 0.769. The standard InChI is InChI=1S/C13H13ClN2O/c1-16(10-2-9-15)13(17)8-5-11-3-6-12(14)7-4-11/h3-8H,2,10H2,1H3. The number of halogens is 1. The monoisotopic (exact) mass is 248 g/mol. The maximum absolute atomic E-state index is 11.6. The molecule has 0 N–H and O–H groups in total. The number of benzene rings is 1. The van der Waals surface area contributed by atoms with Crippen LogP contribution in [0.25, 0.3) is 6.08 Å². The van der Waals surface area contributed by atoms with Crippen LogP contribution >= 0.6 is 11.6 Å². The summed E-state index contributed by atoms with van der Waals surface area (Å²) in [6, 6.07) is 9.21. The summed E-state index contributed by atoms with van der Waals surface area (Å²) in [6.45, 7) is 0.445. The number of nitriles is 1. The summed E-state index contributed by atoms with van der Waals surface area (Å²) < 4.78 is 0. The van der Waals surface area contributed by atoms with Crippen molar-refractivity contribution < 1.29 is 4.79 Å². The maximum atomic E-state index is 11.6. The molecule has 0 aromatic heterocycles. The number of hydrogen-bond acceptors (Lipinski definition) is 2. The summed E-state index contributed by atoms with van der Waals surface area (Å²) in [4.78, 5) is 13.1. The first-order chi connectivity index (χ1) is 8.13. The van der Waals surface area contributed by atoms with E-state index in [9.17, 15) is 4.79 Å². The lowest BCUT2D eigenvalue weighted by atomic mass is 10.2. The van der Waals surface area contributed by atoms with E-state index < -0.39 is 0 Å². The lowest BCUT2D eigenvalue weighted by Gasteiger charge is -2.12. The summed E-state index contributed by atoms with van der Waals surface area (Å²) in [5, 5.41) is 9.08. The molecule has 88 valence electrons. The Morgan fingerprint density at radius 2 is 2.12 bits per heavy atom. The molecular weight excluding hydrogens is 236 g/mol. The topological polar surface area (TPSA) is 44.1 Å². The van der Waals surface area contributed by atoms with Crippen LogP contribution in [0.2, 0.25) is 5.02 Å². The van der Waals surface area contributed by atoms with Crippen LogP contribution < -0.4 is 0 Å². The Balaban J connectivity index is 2.56. The molecule has 1 aromatic carbocycles. The normalized spacial score (nSPS) is 10.2. The highest BCUT2D eigenvalue weighted by Gasteiger charge is 2.03. The van der Waals surface area contributed by atoms with Gasteiger partial charge in [-0.2, -0.15) is 5.26 Å². The molecule has 0 aliphatic rings. The van der Waals surface area contributed by atoms with E-state index in [0.29, 0.717) is 18.0 Å². The molecule has 0 bridgehead atoms. The fourth-order valence-corrected chi connectivity index (χ4v) is 1.32. The van der Waals surface area contributed by atoms with E-state index in [0.717, 1.165) is 5.56 Å². The van der Waals surface area contributed by atoms with E-state index in [4.69, 9.17) is 16.9 Å². The molecule has 1 aromatic rings. The third-order valence-corrected chi connectivity index (χ3v) is 2.48. The van der Waals surface area contributed by atoms with E-state index in [-0.39, 0.29) is 5.91 Å². The zero-order valence-corrected chi connectivity index (χ0v) is 10.3. The van der Waals surface area contributed by atoms with E-state index in [2.05, 4.69) is 0 Å². The third kappa shape index (κ3) is 4.71. The number of hydrogen-bond donors (Lipinski definition) is 0. The van der Waals surface area contributed by atoms with Gasteiger partial charge in [0.1, 0.15) is 0 Å². The van der Waals surface area contributed by atoms with Gasteiger partial charge in [0.2, 0.25) is 5.91 Å². The molecule has 1 rings (SSSR count). The van der Waals surface area contributed by atoms with Gasteiger partial charge in [0.15, 0.2) is 0 Å². The zero-order chi connectivity index (χ0) is 12.7. The molecule has 17 heavy (non-hydrogen) atoms. The molecule has 3 nitrogen and oxygen atoms in total. The molecule has 0 aliphatic carbocycles. The van der Waals surface area contributed by atoms with Crippen molar-refractivity contribution >= 4 is 23.6 Å². The van der Waals surface area contributed by atoms with Crippen LogP contribution in [0.15, 0.2) is 30.3 Å². The van der Waals surface area contributed by atoms with Crippen LogP contribution in [0.5, 0.6) is 0 Å². The second-order valence-electron chi connectivity index (χ2n) is 3.55. The van der Waals surface area contributed by atoms with Crippen LogP contribution in [0.1, 0.15) is 12.0 Å². The minimum atomic E-state index is -0.116. The smallest absolute Gasteiger partial charge is 0.246 e. The van der Waals surface area contributed by atoms with Gasteiger partial charge in [-0.3, -0.25) is 4.79 Å². The lowest BCUT2D eigenvalue weighted by molar-refractivity contribution is -0.124. The Morgan fingerprint density at radius 3 is 2.71 bits per heavy atom. The fourth-order valence-electron chi connectivity index (χ4n) is 1.20. The Kier molecular flexibility index (Phi) is 5.25. The predicted molar refractivity (Wildman–Crippen MR) is 68.4 cm³/mol. The third-order valence-electron chi connectivity index (χ3n) is 2.22. The number of carbonyl (C=O) groups is 1. The number of likely N-dealkylation sites (N-methyl/N-ethyl adjacent to an activating group) is 1. The molecule has 0 aliphatic heterocycles. The van der Waals surface area contributed by atoms with Gasteiger partial charge in [-0.1, -0.05) is 23.7 Å². The summed E-state index contributed by atoms with van der Waals surface area (Å²) in [5.74, 6) is -0.116. The number of rotatable bonds is 4. The van der Waals surface area contributed by atoms with Crippen molar-refractivity contribution in [2.45, 2.75) is 6.42 Å². The average molecular weight is 249 g/mol. The molecule has 0 fully saturated rings. The first kappa shape index (κ1) is 13.3. The van der Waals surface area contributed by atoms with E-state index in [1.54, 1.807) is 25.3 Å². The molecule has 0 unspecified atom stereocenters. The second-order valence-corrected chi connectivity index (χ2v) is 3.99. The van der Waals surface area contributed by atoms with Crippen LogP contribution in [0.4, 0.5) is 0 Å². The molecule has 4 heteroatoms. The maximum Gasteiger partial charge on any atom is 0.246 e. The Morgan fingerprint density at radius 1 is 1.47 bits per heavy atom. The highest BCUT2D eigenvalue weighted by Crippen LogP contribution is 2.10. The lowest BCUT2D eigenvalue weighted by Crippen LogP contribution is -2.25. The van der Waals surface area contributed by atoms with Crippen LogP contribution in [0.3, 0.4) is 0 Å². The minimum absolute atomic E-state index is 0.116. The molecule has 0 saturated carbocycles. The Labute approximate surface area is 106 Å². The van der Waals surface area contributed by atoms with Crippen LogP contribution in [-0.2, 0) is 4.79 Å². The first-order valence-corrected chi connectivity index (χ1v) is 5.57. The number of amides is 1. The number of nitrogens with zero attached hydrogens (tertiary/aromatic N) is 2. The van der Waals surface area contributed by atoms with Crippen molar-refractivity contribution in [1.82, 2.24) is 4.90 Å². The van der Waals surface area contributed by atoms with Crippen molar-refractivity contribution in [1.29, 1.82) is 5.26 Å². The summed E-state index contributed by atoms with van der Waals surface area (Å²) in [5.41, 5.74) is 0.913. The molecule has 0 atom stereocenters. The van der Waals surface area contributed by atoms with Crippen molar-refractivity contribution in [2.75, 3.05) is 13.6 Å². The SMILES string of the molecule is CN(CCC#N)C(=O)C=Cc1ccc(Cl)cc1. The molecule has 0 heterocycles. The molecule has 0 spiro atoms. The molecule has 0 saturated heterocycles. The zero-order valence-electron chi connectivity index (χ0n) is 9.56. The van der Waals surface area contributed by atoms with Gasteiger partial charge in [-0.25, -0.2) is 0 Å². The van der Waals surface area contributed by atoms with Gasteiger partial charge >= 0.3 is 0 Å². The fraction of sp³-hybridized carbons (Fsp3) is 0.231. The van der Waals surface area contributed by atoms with E-state index >= 15 is 0 Å². The molecule has 1 amide bonds. The second kappa shape index (κ2) is 6.72. The predicted octanol–water partition coefficient (Wildman–Crippen LogP) is 2.73. The van der Waals surface area contributed by atoms with E-state index in [1.807, 2.05) is 18.2 Å². The average Bonchev–Trinajstić information content (AvgIpc) is 2.34. The van der Waals surface area contributed by atoms with Gasteiger partial charge in [0, 0.05) is 24.7 Å². The minimum Gasteiger partial charge on any atom is -0.341 e. The molecule has 0 radical (unpaired) electrons. The van der Waals surface area contributed by atoms with Crippen molar-refractivity contribution in [3.63, 3.8) is 0 Å². The van der Waals surface area contributed by atoms with Gasteiger partial charge < -0.3 is 4.90 Å². The number of carbonyl (C=O) groups excluding carboxylic acids is 1. The largest absolute Gasteiger partial charge is 0.341 e. The highest BCUT2D eigenvalue weighted by atomic mass is 35.5.